The van der Waals surface area contributed by atoms with Gasteiger partial charge in [0.1, 0.15) is 17.5 Å². The lowest BCUT2D eigenvalue weighted by atomic mass is 10.2. The van der Waals surface area contributed by atoms with Crippen LogP contribution in [0, 0.1) is 6.92 Å². The predicted molar refractivity (Wildman–Crippen MR) is 122 cm³/mol. The highest BCUT2D eigenvalue weighted by atomic mass is 79.9. The molecule has 2 aromatic carbocycles. The van der Waals surface area contributed by atoms with Gasteiger partial charge in [-0.2, -0.15) is 0 Å². The van der Waals surface area contributed by atoms with Crippen molar-refractivity contribution in [2.24, 2.45) is 0 Å². The summed E-state index contributed by atoms with van der Waals surface area (Å²) in [6.45, 7) is 7.87. The zero-order valence-corrected chi connectivity index (χ0v) is 18.3. The first-order chi connectivity index (χ1) is 14.0. The average Bonchev–Trinajstić information content (AvgIpc) is 2.70. The van der Waals surface area contributed by atoms with E-state index in [4.69, 9.17) is 0 Å². The van der Waals surface area contributed by atoms with Gasteiger partial charge in [0.15, 0.2) is 0 Å². The van der Waals surface area contributed by atoms with Gasteiger partial charge in [-0.15, -0.1) is 0 Å². The Morgan fingerprint density at radius 3 is 2.31 bits per heavy atom. The van der Waals surface area contributed by atoms with Crippen molar-refractivity contribution < 1.29 is 4.79 Å². The fraction of sp³-hybridized carbons (Fsp3) is 0.227. The molecule has 1 heterocycles. The molecular formula is C22H24BrN5O. The molecule has 0 aliphatic carbocycles. The van der Waals surface area contributed by atoms with E-state index in [9.17, 15) is 4.79 Å². The minimum absolute atomic E-state index is 0.159. The van der Waals surface area contributed by atoms with Crippen LogP contribution in [0.4, 0.5) is 23.0 Å². The van der Waals surface area contributed by atoms with Crippen molar-refractivity contribution in [3.8, 4) is 0 Å². The highest BCUT2D eigenvalue weighted by molar-refractivity contribution is 9.10. The van der Waals surface area contributed by atoms with Crippen molar-refractivity contribution in [3.63, 3.8) is 0 Å². The zero-order chi connectivity index (χ0) is 20.8. The first kappa shape index (κ1) is 20.8. The standard InChI is InChI=1S/C22H24BrN5O/c1-4-28(5-2)21-14-20(24-15(3)25-21)26-16-10-12-17(13-11-16)27-22(29)18-8-6-7-9-19(18)23/h6-14H,4-5H2,1-3H3,(H,27,29)(H,24,25,26). The summed E-state index contributed by atoms with van der Waals surface area (Å²) >= 11 is 3.40. The topological polar surface area (TPSA) is 70.2 Å². The molecule has 6 nitrogen and oxygen atoms in total. The molecule has 0 saturated carbocycles. The number of hydrogen-bond donors (Lipinski definition) is 2. The van der Waals surface area contributed by atoms with Crippen molar-refractivity contribution in [2.75, 3.05) is 28.6 Å². The first-order valence-electron chi connectivity index (χ1n) is 9.53. The predicted octanol–water partition coefficient (Wildman–Crippen LogP) is 5.39. The molecule has 0 radical (unpaired) electrons. The molecule has 0 unspecified atom stereocenters. The minimum atomic E-state index is -0.159. The van der Waals surface area contributed by atoms with Gasteiger partial charge in [-0.05, 0) is 73.1 Å². The van der Waals surface area contributed by atoms with Crippen molar-refractivity contribution in [2.45, 2.75) is 20.8 Å². The number of carbonyl (C=O) groups is 1. The third kappa shape index (κ3) is 5.32. The highest BCUT2D eigenvalue weighted by Gasteiger charge is 2.10. The van der Waals surface area contributed by atoms with E-state index in [1.165, 1.54) is 0 Å². The number of rotatable bonds is 7. The summed E-state index contributed by atoms with van der Waals surface area (Å²) in [6.07, 6.45) is 0. The van der Waals surface area contributed by atoms with Crippen LogP contribution in [0.5, 0.6) is 0 Å². The molecule has 1 aromatic heterocycles. The molecule has 0 aliphatic rings. The molecule has 0 saturated heterocycles. The summed E-state index contributed by atoms with van der Waals surface area (Å²) in [4.78, 5) is 23.6. The van der Waals surface area contributed by atoms with Gasteiger partial charge in [0.05, 0.1) is 5.56 Å². The Morgan fingerprint density at radius 2 is 1.66 bits per heavy atom. The number of nitrogens with zero attached hydrogens (tertiary/aromatic N) is 3. The van der Waals surface area contributed by atoms with Crippen LogP contribution in [0.15, 0.2) is 59.1 Å². The molecule has 1 amide bonds. The fourth-order valence-electron chi connectivity index (χ4n) is 2.95. The molecule has 3 rings (SSSR count). The van der Waals surface area contributed by atoms with Crippen LogP contribution in [0.3, 0.4) is 0 Å². The molecule has 2 N–H and O–H groups in total. The van der Waals surface area contributed by atoms with E-state index in [0.29, 0.717) is 11.4 Å². The van der Waals surface area contributed by atoms with Gasteiger partial charge in [0, 0.05) is 35.0 Å². The number of aryl methyl sites for hydroxylation is 1. The van der Waals surface area contributed by atoms with Crippen LogP contribution in [0.1, 0.15) is 30.0 Å². The third-order valence-electron chi connectivity index (χ3n) is 4.45. The largest absolute Gasteiger partial charge is 0.357 e. The monoisotopic (exact) mass is 453 g/mol. The molecule has 0 aliphatic heterocycles. The van der Waals surface area contributed by atoms with Crippen LogP contribution < -0.4 is 15.5 Å². The fourth-order valence-corrected chi connectivity index (χ4v) is 3.42. The Morgan fingerprint density at radius 1 is 1.00 bits per heavy atom. The van der Waals surface area contributed by atoms with Gasteiger partial charge < -0.3 is 15.5 Å². The van der Waals surface area contributed by atoms with E-state index in [1.807, 2.05) is 55.5 Å². The van der Waals surface area contributed by atoms with Crippen LogP contribution in [0.2, 0.25) is 0 Å². The summed E-state index contributed by atoms with van der Waals surface area (Å²) in [5.74, 6) is 2.20. The number of halogens is 1. The normalized spacial score (nSPS) is 10.5. The maximum Gasteiger partial charge on any atom is 0.256 e. The van der Waals surface area contributed by atoms with Crippen LogP contribution in [0.25, 0.3) is 0 Å². The van der Waals surface area contributed by atoms with Gasteiger partial charge in [-0.1, -0.05) is 12.1 Å². The third-order valence-corrected chi connectivity index (χ3v) is 5.14. The lowest BCUT2D eigenvalue weighted by Gasteiger charge is -2.20. The summed E-state index contributed by atoms with van der Waals surface area (Å²) in [6, 6.07) is 16.8. The summed E-state index contributed by atoms with van der Waals surface area (Å²) in [5, 5.41) is 6.22. The van der Waals surface area contributed by atoms with Crippen LogP contribution in [-0.2, 0) is 0 Å². The van der Waals surface area contributed by atoms with Gasteiger partial charge in [0.25, 0.3) is 5.91 Å². The van der Waals surface area contributed by atoms with Crippen molar-refractivity contribution in [3.05, 3.63) is 70.5 Å². The second-order valence-corrected chi connectivity index (χ2v) is 7.32. The molecule has 0 bridgehead atoms. The molecule has 0 fully saturated rings. The summed E-state index contributed by atoms with van der Waals surface area (Å²) < 4.78 is 0.763. The van der Waals surface area contributed by atoms with Gasteiger partial charge >= 0.3 is 0 Å². The Labute approximate surface area is 179 Å². The maximum atomic E-state index is 12.4. The lowest BCUT2D eigenvalue weighted by molar-refractivity contribution is 0.102. The quantitative estimate of drug-likeness (QED) is 0.501. The highest BCUT2D eigenvalue weighted by Crippen LogP contribution is 2.22. The lowest BCUT2D eigenvalue weighted by Crippen LogP contribution is -2.23. The number of anilines is 4. The van der Waals surface area contributed by atoms with E-state index < -0.39 is 0 Å². The maximum absolute atomic E-state index is 12.4. The van der Waals surface area contributed by atoms with E-state index in [2.05, 4.69) is 55.3 Å². The summed E-state index contributed by atoms with van der Waals surface area (Å²) in [5.41, 5.74) is 2.20. The Hall–Kier alpha value is -2.93. The van der Waals surface area contributed by atoms with Gasteiger partial charge in [-0.3, -0.25) is 4.79 Å². The van der Waals surface area contributed by atoms with Crippen LogP contribution >= 0.6 is 15.9 Å². The number of carbonyl (C=O) groups excluding carboxylic acids is 1. The van der Waals surface area contributed by atoms with E-state index in [1.54, 1.807) is 6.07 Å². The van der Waals surface area contributed by atoms with Crippen molar-refractivity contribution in [1.82, 2.24) is 9.97 Å². The zero-order valence-electron chi connectivity index (χ0n) is 16.7. The Bertz CT molecular complexity index is 987. The van der Waals surface area contributed by atoms with Gasteiger partial charge in [-0.25, -0.2) is 9.97 Å². The Kier molecular flexibility index (Phi) is 6.82. The number of nitrogens with one attached hydrogen (secondary N) is 2. The molecular weight excluding hydrogens is 430 g/mol. The molecule has 0 atom stereocenters. The van der Waals surface area contributed by atoms with E-state index >= 15 is 0 Å². The molecule has 7 heteroatoms. The number of hydrogen-bond acceptors (Lipinski definition) is 5. The molecule has 3 aromatic rings. The smallest absolute Gasteiger partial charge is 0.256 e. The van der Waals surface area contributed by atoms with Crippen molar-refractivity contribution in [1.29, 1.82) is 0 Å². The molecule has 29 heavy (non-hydrogen) atoms. The average molecular weight is 454 g/mol. The first-order valence-corrected chi connectivity index (χ1v) is 10.3. The van der Waals surface area contributed by atoms with E-state index in [0.717, 1.165) is 40.6 Å². The number of benzene rings is 2. The second kappa shape index (κ2) is 9.52. The molecule has 150 valence electrons. The number of amides is 1. The van der Waals surface area contributed by atoms with Crippen molar-refractivity contribution >= 4 is 44.8 Å². The van der Waals surface area contributed by atoms with Gasteiger partial charge in [0.2, 0.25) is 0 Å². The number of aromatic nitrogens is 2. The SMILES string of the molecule is CCN(CC)c1cc(Nc2ccc(NC(=O)c3ccccc3Br)cc2)nc(C)n1. The van der Waals surface area contributed by atoms with E-state index in [-0.39, 0.29) is 5.91 Å². The minimum Gasteiger partial charge on any atom is -0.357 e. The molecule has 0 spiro atoms. The summed E-state index contributed by atoms with van der Waals surface area (Å²) in [7, 11) is 0. The second-order valence-electron chi connectivity index (χ2n) is 6.47. The van der Waals surface area contributed by atoms with Crippen LogP contribution in [-0.4, -0.2) is 29.0 Å². The Balaban J connectivity index is 1.71.